The first kappa shape index (κ1) is 20.4. The monoisotopic (exact) mass is 445 g/mol. The van der Waals surface area contributed by atoms with E-state index in [1.54, 1.807) is 17.5 Å². The number of nitrogens with zero attached hydrogens (tertiary/aromatic N) is 4. The molecule has 0 aliphatic carbocycles. The maximum absolute atomic E-state index is 13.0. The summed E-state index contributed by atoms with van der Waals surface area (Å²) in [4.78, 5) is 38.3. The number of amides is 1. The lowest BCUT2D eigenvalue weighted by Gasteiger charge is -2.06. The average molecular weight is 446 g/mol. The maximum atomic E-state index is 13.0. The van der Waals surface area contributed by atoms with Gasteiger partial charge in [-0.15, -0.1) is 16.4 Å². The van der Waals surface area contributed by atoms with Crippen LogP contribution in [-0.4, -0.2) is 24.7 Å². The van der Waals surface area contributed by atoms with Crippen LogP contribution in [0.3, 0.4) is 0 Å². The van der Waals surface area contributed by atoms with Crippen LogP contribution in [0.5, 0.6) is 0 Å². The molecule has 0 radical (unpaired) electrons. The first-order valence-electron chi connectivity index (χ1n) is 9.61. The fourth-order valence-electron chi connectivity index (χ4n) is 3.28. The van der Waals surface area contributed by atoms with Gasteiger partial charge in [-0.25, -0.2) is 13.9 Å². The van der Waals surface area contributed by atoms with E-state index >= 15 is 0 Å². The van der Waals surface area contributed by atoms with Gasteiger partial charge in [-0.05, 0) is 29.5 Å². The highest BCUT2D eigenvalue weighted by atomic mass is 35.5. The molecule has 156 valence electrons. The van der Waals surface area contributed by atoms with Crippen LogP contribution in [0.25, 0.3) is 16.0 Å². The zero-order valence-electron chi connectivity index (χ0n) is 16.3. The van der Waals surface area contributed by atoms with E-state index in [-0.39, 0.29) is 30.3 Å². The summed E-state index contributed by atoms with van der Waals surface area (Å²) in [6, 6.07) is 8.94. The summed E-state index contributed by atoms with van der Waals surface area (Å²) in [6.45, 7) is 2.48. The molecule has 0 aliphatic heterocycles. The van der Waals surface area contributed by atoms with Gasteiger partial charge in [0.15, 0.2) is 0 Å². The van der Waals surface area contributed by atoms with Crippen molar-refractivity contribution in [3.8, 4) is 0 Å². The number of benzene rings is 1. The van der Waals surface area contributed by atoms with Gasteiger partial charge < -0.3 is 5.32 Å². The van der Waals surface area contributed by atoms with E-state index in [1.165, 1.54) is 20.3 Å². The topological polar surface area (TPSA) is 90.4 Å². The molecule has 0 aliphatic rings. The summed E-state index contributed by atoms with van der Waals surface area (Å²) >= 11 is 7.41. The fourth-order valence-corrected chi connectivity index (χ4v) is 4.31. The van der Waals surface area contributed by atoms with Crippen molar-refractivity contribution in [3.63, 3.8) is 0 Å². The van der Waals surface area contributed by atoms with Crippen LogP contribution < -0.4 is 16.6 Å². The van der Waals surface area contributed by atoms with Gasteiger partial charge in [-0.1, -0.05) is 43.1 Å². The number of aryl methyl sites for hydroxylation is 1. The molecule has 4 aromatic rings. The molecule has 0 spiro atoms. The Hall–Kier alpha value is -2.91. The van der Waals surface area contributed by atoms with E-state index in [2.05, 4.69) is 10.4 Å². The SMILES string of the molecule is CCCCn1c(=O)c2sccc2n2c(=O)n(CC(=O)NCc3ccccc3Cl)nc12. The fraction of sp³-hybridized carbons (Fsp3) is 0.300. The van der Waals surface area contributed by atoms with Crippen LogP contribution >= 0.6 is 22.9 Å². The zero-order chi connectivity index (χ0) is 21.3. The second-order valence-electron chi connectivity index (χ2n) is 6.89. The number of unbranched alkanes of at least 4 members (excludes halogenated alkanes) is 1. The van der Waals surface area contributed by atoms with E-state index in [9.17, 15) is 14.4 Å². The Kier molecular flexibility index (Phi) is 5.74. The van der Waals surface area contributed by atoms with Gasteiger partial charge in [0.25, 0.3) is 5.56 Å². The number of rotatable bonds is 7. The van der Waals surface area contributed by atoms with Crippen molar-refractivity contribution < 1.29 is 4.79 Å². The molecule has 3 aromatic heterocycles. The summed E-state index contributed by atoms with van der Waals surface area (Å²) in [5.74, 6) is -0.118. The molecule has 0 unspecified atom stereocenters. The van der Waals surface area contributed by atoms with Crippen molar-refractivity contribution in [2.75, 3.05) is 0 Å². The molecule has 0 bridgehead atoms. The Bertz CT molecular complexity index is 1350. The van der Waals surface area contributed by atoms with Gasteiger partial charge in [0.05, 0.1) is 5.52 Å². The predicted octanol–water partition coefficient (Wildman–Crippen LogP) is 2.64. The minimum atomic E-state index is -0.452. The molecule has 3 heterocycles. The maximum Gasteiger partial charge on any atom is 0.352 e. The predicted molar refractivity (Wildman–Crippen MR) is 117 cm³/mol. The Balaban J connectivity index is 1.67. The Morgan fingerprint density at radius 1 is 1.23 bits per heavy atom. The summed E-state index contributed by atoms with van der Waals surface area (Å²) in [5, 5.41) is 9.40. The van der Waals surface area contributed by atoms with Crippen LogP contribution in [0.1, 0.15) is 25.3 Å². The Morgan fingerprint density at radius 3 is 2.80 bits per heavy atom. The van der Waals surface area contributed by atoms with E-state index in [4.69, 9.17) is 11.6 Å². The average Bonchev–Trinajstić information content (AvgIpc) is 3.33. The minimum absolute atomic E-state index is 0.165. The quantitative estimate of drug-likeness (QED) is 0.473. The summed E-state index contributed by atoms with van der Waals surface area (Å²) < 4.78 is 4.52. The van der Waals surface area contributed by atoms with E-state index < -0.39 is 5.69 Å². The summed E-state index contributed by atoms with van der Waals surface area (Å²) in [7, 11) is 0. The van der Waals surface area contributed by atoms with Gasteiger partial charge in [0, 0.05) is 18.1 Å². The van der Waals surface area contributed by atoms with Gasteiger partial charge >= 0.3 is 5.69 Å². The number of carbonyl (C=O) groups is 1. The first-order valence-corrected chi connectivity index (χ1v) is 10.9. The number of nitrogens with one attached hydrogen (secondary N) is 1. The van der Waals surface area contributed by atoms with E-state index in [1.807, 2.05) is 25.1 Å². The lowest BCUT2D eigenvalue weighted by atomic mass is 10.2. The molecule has 0 saturated heterocycles. The van der Waals surface area contributed by atoms with Gasteiger partial charge in [-0.2, -0.15) is 0 Å². The van der Waals surface area contributed by atoms with Crippen molar-refractivity contribution in [1.29, 1.82) is 0 Å². The van der Waals surface area contributed by atoms with Crippen LogP contribution in [0, 0.1) is 0 Å². The minimum Gasteiger partial charge on any atom is -0.350 e. The molecule has 0 fully saturated rings. The second-order valence-corrected chi connectivity index (χ2v) is 8.21. The molecule has 1 amide bonds. The van der Waals surface area contributed by atoms with Crippen molar-refractivity contribution in [3.05, 3.63) is 67.1 Å². The zero-order valence-corrected chi connectivity index (χ0v) is 17.9. The largest absolute Gasteiger partial charge is 0.352 e. The van der Waals surface area contributed by atoms with Crippen LogP contribution in [0.4, 0.5) is 0 Å². The number of hydrogen-bond donors (Lipinski definition) is 1. The first-order chi connectivity index (χ1) is 14.5. The van der Waals surface area contributed by atoms with Gasteiger partial charge in [0.2, 0.25) is 11.7 Å². The third kappa shape index (κ3) is 3.66. The molecule has 1 aromatic carbocycles. The highest BCUT2D eigenvalue weighted by Crippen LogP contribution is 2.17. The molecule has 10 heteroatoms. The van der Waals surface area contributed by atoms with Crippen molar-refractivity contribution in [2.45, 2.75) is 39.4 Å². The summed E-state index contributed by atoms with van der Waals surface area (Å²) in [5.41, 5.74) is 0.677. The number of carbonyl (C=O) groups excluding carboxylic acids is 1. The highest BCUT2D eigenvalue weighted by molar-refractivity contribution is 7.17. The lowest BCUT2D eigenvalue weighted by molar-refractivity contribution is -0.122. The third-order valence-electron chi connectivity index (χ3n) is 4.85. The normalized spacial score (nSPS) is 11.4. The van der Waals surface area contributed by atoms with Crippen LogP contribution in [0.15, 0.2) is 45.3 Å². The summed E-state index contributed by atoms with van der Waals surface area (Å²) in [6.07, 6.45) is 1.68. The number of halogens is 1. The molecule has 8 nitrogen and oxygen atoms in total. The molecular formula is C20H20ClN5O3S. The molecule has 4 rings (SSSR count). The molecule has 1 N–H and O–H groups in total. The smallest absolute Gasteiger partial charge is 0.350 e. The standard InChI is InChI=1S/C20H20ClN5O3S/c1-2-3-9-24-18(28)17-15(8-10-30-17)26-19(24)23-25(20(26)29)12-16(27)22-11-13-6-4-5-7-14(13)21/h4-8,10H,2-3,9,11-12H2,1H3,(H,22,27). The van der Waals surface area contributed by atoms with Crippen molar-refractivity contribution >= 4 is 44.8 Å². The number of thiophene rings is 1. The number of fused-ring (bicyclic) bond motifs is 3. The molecular weight excluding hydrogens is 426 g/mol. The highest BCUT2D eigenvalue weighted by Gasteiger charge is 2.19. The Labute approximate surface area is 180 Å². The Morgan fingerprint density at radius 2 is 2.03 bits per heavy atom. The third-order valence-corrected chi connectivity index (χ3v) is 6.11. The van der Waals surface area contributed by atoms with E-state index in [0.717, 1.165) is 23.1 Å². The molecule has 30 heavy (non-hydrogen) atoms. The number of aromatic nitrogens is 4. The van der Waals surface area contributed by atoms with Crippen LogP contribution in [-0.2, 0) is 24.4 Å². The van der Waals surface area contributed by atoms with Gasteiger partial charge in [0.1, 0.15) is 11.2 Å². The molecule has 0 saturated carbocycles. The van der Waals surface area contributed by atoms with Crippen molar-refractivity contribution in [1.82, 2.24) is 24.1 Å². The van der Waals surface area contributed by atoms with Gasteiger partial charge in [-0.3, -0.25) is 14.2 Å². The van der Waals surface area contributed by atoms with Crippen LogP contribution in [0.2, 0.25) is 5.02 Å². The number of hydrogen-bond acceptors (Lipinski definition) is 5. The lowest BCUT2D eigenvalue weighted by Crippen LogP contribution is -2.32. The second kappa shape index (κ2) is 8.45. The van der Waals surface area contributed by atoms with Crippen molar-refractivity contribution in [2.24, 2.45) is 0 Å². The van der Waals surface area contributed by atoms with E-state index in [0.29, 0.717) is 21.8 Å². The molecule has 0 atom stereocenters.